The van der Waals surface area contributed by atoms with E-state index in [2.05, 4.69) is 6.92 Å². The molecule has 0 amide bonds. The Bertz CT molecular complexity index is 325. The fraction of sp³-hybridized carbons (Fsp3) is 1.00. The van der Waals surface area contributed by atoms with E-state index in [1.165, 1.54) is 64.2 Å². The van der Waals surface area contributed by atoms with Gasteiger partial charge in [-0.15, -0.1) is 0 Å². The third-order valence-corrected chi connectivity index (χ3v) is 5.13. The van der Waals surface area contributed by atoms with Crippen LogP contribution in [0.5, 0.6) is 0 Å². The SMILES string of the molecule is CCCCCCCCCCCCCCO[C@H]1O[C@H](CO)[C@@H](O)[C@H](O)[C@@H]1O. The molecule has 1 rings (SSSR count). The maximum atomic E-state index is 9.87. The van der Waals surface area contributed by atoms with Crippen LogP contribution in [0.25, 0.3) is 0 Å². The van der Waals surface area contributed by atoms with Gasteiger partial charge in [0.05, 0.1) is 6.61 Å². The van der Waals surface area contributed by atoms with E-state index >= 15 is 0 Å². The van der Waals surface area contributed by atoms with E-state index in [1.807, 2.05) is 0 Å². The van der Waals surface area contributed by atoms with Gasteiger partial charge in [-0.2, -0.15) is 0 Å². The lowest BCUT2D eigenvalue weighted by Gasteiger charge is -2.39. The number of unbranched alkanes of at least 4 members (excludes halogenated alkanes) is 11. The number of rotatable bonds is 15. The van der Waals surface area contributed by atoms with Gasteiger partial charge in [-0.25, -0.2) is 0 Å². The molecule has 0 aliphatic carbocycles. The lowest BCUT2D eigenvalue weighted by atomic mass is 9.99. The molecule has 6 nitrogen and oxygen atoms in total. The molecule has 26 heavy (non-hydrogen) atoms. The Morgan fingerprint density at radius 2 is 1.19 bits per heavy atom. The van der Waals surface area contributed by atoms with Crippen molar-refractivity contribution in [2.75, 3.05) is 13.2 Å². The van der Waals surface area contributed by atoms with Crippen LogP contribution in [0.4, 0.5) is 0 Å². The Morgan fingerprint density at radius 1 is 0.692 bits per heavy atom. The number of aliphatic hydroxyl groups excluding tert-OH is 4. The van der Waals surface area contributed by atoms with Crippen molar-refractivity contribution in [3.8, 4) is 0 Å². The third kappa shape index (κ3) is 9.11. The number of ether oxygens (including phenoxy) is 2. The maximum Gasteiger partial charge on any atom is 0.186 e. The first kappa shape index (κ1) is 23.8. The van der Waals surface area contributed by atoms with Crippen molar-refractivity contribution in [2.45, 2.75) is 115 Å². The monoisotopic (exact) mass is 376 g/mol. The molecule has 0 bridgehead atoms. The average Bonchev–Trinajstić information content (AvgIpc) is 2.65. The molecule has 5 atom stereocenters. The first-order valence-corrected chi connectivity index (χ1v) is 10.5. The van der Waals surface area contributed by atoms with E-state index in [0.717, 1.165) is 12.8 Å². The minimum Gasteiger partial charge on any atom is -0.394 e. The molecule has 1 fully saturated rings. The van der Waals surface area contributed by atoms with E-state index in [-0.39, 0.29) is 0 Å². The summed E-state index contributed by atoms with van der Waals surface area (Å²) in [4.78, 5) is 0. The molecule has 6 heteroatoms. The smallest absolute Gasteiger partial charge is 0.186 e. The first-order valence-electron chi connectivity index (χ1n) is 10.5. The van der Waals surface area contributed by atoms with Crippen LogP contribution < -0.4 is 0 Å². The van der Waals surface area contributed by atoms with Crippen LogP contribution in [0.2, 0.25) is 0 Å². The zero-order chi connectivity index (χ0) is 19.2. The molecule has 0 radical (unpaired) electrons. The topological polar surface area (TPSA) is 99.4 Å². The van der Waals surface area contributed by atoms with Crippen LogP contribution >= 0.6 is 0 Å². The van der Waals surface area contributed by atoms with Crippen molar-refractivity contribution in [1.29, 1.82) is 0 Å². The van der Waals surface area contributed by atoms with Crippen LogP contribution in [0.3, 0.4) is 0 Å². The second kappa shape index (κ2) is 14.8. The van der Waals surface area contributed by atoms with Gasteiger partial charge in [0, 0.05) is 6.61 Å². The highest BCUT2D eigenvalue weighted by Gasteiger charge is 2.43. The molecule has 156 valence electrons. The zero-order valence-electron chi connectivity index (χ0n) is 16.4. The normalized spacial score (nSPS) is 29.2. The minimum absolute atomic E-state index is 0.427. The molecule has 1 aliphatic heterocycles. The standard InChI is InChI=1S/C20H40O6/c1-2-3-4-5-6-7-8-9-10-11-12-13-14-25-20-19(24)18(23)17(22)16(15-21)26-20/h16-24H,2-15H2,1H3/t16-,17-,18+,19+,20+/m1/s1. The molecule has 1 saturated heterocycles. The van der Waals surface area contributed by atoms with Crippen LogP contribution in [-0.2, 0) is 9.47 Å². The predicted octanol–water partition coefficient (Wildman–Crippen LogP) is 2.50. The number of hydrogen-bond acceptors (Lipinski definition) is 6. The number of aliphatic hydroxyl groups is 4. The predicted molar refractivity (Wildman–Crippen MR) is 101 cm³/mol. The molecule has 0 spiro atoms. The van der Waals surface area contributed by atoms with E-state index in [0.29, 0.717) is 6.61 Å². The van der Waals surface area contributed by atoms with Gasteiger partial charge in [0.15, 0.2) is 6.29 Å². The summed E-state index contributed by atoms with van der Waals surface area (Å²) >= 11 is 0. The van der Waals surface area contributed by atoms with Gasteiger partial charge >= 0.3 is 0 Å². The van der Waals surface area contributed by atoms with E-state index in [4.69, 9.17) is 14.6 Å². The van der Waals surface area contributed by atoms with Crippen molar-refractivity contribution in [3.05, 3.63) is 0 Å². The maximum absolute atomic E-state index is 9.87. The molecule has 1 heterocycles. The van der Waals surface area contributed by atoms with Gasteiger partial charge in [0.2, 0.25) is 0 Å². The molecule has 0 aromatic carbocycles. The first-order chi connectivity index (χ1) is 12.6. The van der Waals surface area contributed by atoms with Crippen molar-refractivity contribution in [3.63, 3.8) is 0 Å². The molecular weight excluding hydrogens is 336 g/mol. The van der Waals surface area contributed by atoms with E-state index in [9.17, 15) is 15.3 Å². The van der Waals surface area contributed by atoms with Gasteiger partial charge in [-0.1, -0.05) is 77.6 Å². The molecular formula is C20H40O6. The highest BCUT2D eigenvalue weighted by Crippen LogP contribution is 2.22. The quantitative estimate of drug-likeness (QED) is 0.328. The van der Waals surface area contributed by atoms with Crippen LogP contribution in [0.1, 0.15) is 84.0 Å². The van der Waals surface area contributed by atoms with Crippen molar-refractivity contribution in [1.82, 2.24) is 0 Å². The van der Waals surface area contributed by atoms with Crippen molar-refractivity contribution >= 4 is 0 Å². The Hall–Kier alpha value is -0.240. The summed E-state index contributed by atoms with van der Waals surface area (Å²) in [6.45, 7) is 2.25. The van der Waals surface area contributed by atoms with E-state index < -0.39 is 37.3 Å². The lowest BCUT2D eigenvalue weighted by Crippen LogP contribution is -2.59. The largest absolute Gasteiger partial charge is 0.394 e. The Balaban J connectivity index is 1.95. The Kier molecular flexibility index (Phi) is 13.5. The second-order valence-corrected chi connectivity index (χ2v) is 7.46. The molecule has 1 aliphatic rings. The lowest BCUT2D eigenvalue weighted by molar-refractivity contribution is -0.301. The van der Waals surface area contributed by atoms with E-state index in [1.54, 1.807) is 0 Å². The fourth-order valence-electron chi connectivity index (χ4n) is 3.35. The van der Waals surface area contributed by atoms with Crippen LogP contribution in [0, 0.1) is 0 Å². The van der Waals surface area contributed by atoms with Crippen LogP contribution in [0.15, 0.2) is 0 Å². The third-order valence-electron chi connectivity index (χ3n) is 5.13. The summed E-state index contributed by atoms with van der Waals surface area (Å²) in [5.41, 5.74) is 0. The Labute approximate surface area is 158 Å². The van der Waals surface area contributed by atoms with Gasteiger partial charge in [-0.3, -0.25) is 0 Å². The summed E-state index contributed by atoms with van der Waals surface area (Å²) in [5, 5.41) is 38.4. The highest BCUT2D eigenvalue weighted by molar-refractivity contribution is 4.88. The average molecular weight is 377 g/mol. The van der Waals surface area contributed by atoms with Crippen molar-refractivity contribution in [2.24, 2.45) is 0 Å². The van der Waals surface area contributed by atoms with Gasteiger partial charge < -0.3 is 29.9 Å². The molecule has 0 unspecified atom stereocenters. The Morgan fingerprint density at radius 3 is 1.69 bits per heavy atom. The fourth-order valence-corrected chi connectivity index (χ4v) is 3.35. The zero-order valence-corrected chi connectivity index (χ0v) is 16.4. The van der Waals surface area contributed by atoms with Gasteiger partial charge in [0.1, 0.15) is 24.4 Å². The van der Waals surface area contributed by atoms with Crippen LogP contribution in [-0.4, -0.2) is 64.3 Å². The molecule has 4 N–H and O–H groups in total. The summed E-state index contributed by atoms with van der Waals surface area (Å²) in [7, 11) is 0. The van der Waals surface area contributed by atoms with Crippen molar-refractivity contribution < 1.29 is 29.9 Å². The molecule has 0 aromatic rings. The van der Waals surface area contributed by atoms with Gasteiger partial charge in [0.25, 0.3) is 0 Å². The minimum atomic E-state index is -1.37. The molecule has 0 saturated carbocycles. The van der Waals surface area contributed by atoms with Gasteiger partial charge in [-0.05, 0) is 6.42 Å². The number of hydrogen-bond donors (Lipinski definition) is 4. The summed E-state index contributed by atoms with van der Waals surface area (Å²) in [5.74, 6) is 0. The summed E-state index contributed by atoms with van der Waals surface area (Å²) < 4.78 is 10.8. The summed E-state index contributed by atoms with van der Waals surface area (Å²) in [6, 6.07) is 0. The summed E-state index contributed by atoms with van der Waals surface area (Å²) in [6.07, 6.45) is 9.21. The second-order valence-electron chi connectivity index (χ2n) is 7.46. The highest BCUT2D eigenvalue weighted by atomic mass is 16.7. The molecule has 0 aromatic heterocycles.